The number of amides is 1. The summed E-state index contributed by atoms with van der Waals surface area (Å²) in [5, 5.41) is 7.27. The highest BCUT2D eigenvalue weighted by Crippen LogP contribution is 2.37. The van der Waals surface area contributed by atoms with E-state index in [0.717, 1.165) is 43.8 Å². The van der Waals surface area contributed by atoms with Gasteiger partial charge in [-0.1, -0.05) is 30.3 Å². The number of nitrogens with one attached hydrogen (secondary N) is 2. The zero-order chi connectivity index (χ0) is 17.2. The second kappa shape index (κ2) is 7.26. The normalized spacial score (nSPS) is 26.0. The van der Waals surface area contributed by atoms with Crippen molar-refractivity contribution >= 4 is 22.4 Å². The molecule has 2 aromatic rings. The van der Waals surface area contributed by atoms with E-state index in [1.807, 2.05) is 0 Å². The molecule has 0 spiro atoms. The van der Waals surface area contributed by atoms with E-state index in [9.17, 15) is 4.79 Å². The molecule has 25 heavy (non-hydrogen) atoms. The molecule has 1 aromatic heterocycles. The number of piperidine rings is 1. The Morgan fingerprint density at radius 2 is 2.12 bits per heavy atom. The van der Waals surface area contributed by atoms with Crippen LogP contribution in [0.2, 0.25) is 0 Å². The molecule has 1 aromatic carbocycles. The van der Waals surface area contributed by atoms with Gasteiger partial charge in [0.25, 0.3) is 0 Å². The van der Waals surface area contributed by atoms with Crippen LogP contribution in [0.5, 0.6) is 0 Å². The average Bonchev–Trinajstić information content (AvgIpc) is 3.03. The quantitative estimate of drug-likeness (QED) is 0.882. The molecule has 2 aliphatic rings. The van der Waals surface area contributed by atoms with Gasteiger partial charge in [0.2, 0.25) is 5.91 Å². The molecule has 0 radical (unpaired) electrons. The fourth-order valence-corrected chi connectivity index (χ4v) is 5.11. The molecule has 4 nitrogen and oxygen atoms in total. The Labute approximate surface area is 153 Å². The van der Waals surface area contributed by atoms with Gasteiger partial charge in [-0.25, -0.2) is 4.98 Å². The third kappa shape index (κ3) is 3.77. The summed E-state index contributed by atoms with van der Waals surface area (Å²) in [6.45, 7) is 3.07. The Balaban J connectivity index is 1.43. The van der Waals surface area contributed by atoms with E-state index in [4.69, 9.17) is 4.98 Å². The topological polar surface area (TPSA) is 54.0 Å². The van der Waals surface area contributed by atoms with Gasteiger partial charge in [-0.15, -0.1) is 11.3 Å². The van der Waals surface area contributed by atoms with Crippen LogP contribution in [0.3, 0.4) is 0 Å². The molecular weight excluding hydrogens is 330 g/mol. The lowest BCUT2D eigenvalue weighted by molar-refractivity contribution is -0.120. The number of carbonyl (C=O) groups excluding carboxylic acids is 1. The first kappa shape index (κ1) is 16.7. The van der Waals surface area contributed by atoms with Crippen molar-refractivity contribution < 1.29 is 4.79 Å². The Morgan fingerprint density at radius 3 is 2.92 bits per heavy atom. The third-order valence-corrected chi connectivity index (χ3v) is 6.47. The number of benzene rings is 1. The van der Waals surface area contributed by atoms with E-state index in [2.05, 4.69) is 47.9 Å². The predicted octanol–water partition coefficient (Wildman–Crippen LogP) is 3.74. The molecule has 0 saturated carbocycles. The number of nitrogens with zero attached hydrogens (tertiary/aromatic N) is 1. The zero-order valence-corrected chi connectivity index (χ0v) is 15.4. The summed E-state index contributed by atoms with van der Waals surface area (Å²) in [6.07, 6.45) is 5.01. The molecule has 1 saturated heterocycles. The van der Waals surface area contributed by atoms with Crippen molar-refractivity contribution in [1.82, 2.24) is 10.3 Å². The second-order valence-electron chi connectivity index (χ2n) is 7.31. The van der Waals surface area contributed by atoms with Crippen LogP contribution in [-0.2, 0) is 17.6 Å². The highest BCUT2D eigenvalue weighted by Gasteiger charge is 2.27. The maximum Gasteiger partial charge on any atom is 0.229 e. The SMILES string of the molecule is C[C@H]1C[C@@H](C(=O)Nc2nc3c(s2)CC(c2ccccc2)CC3)CCN1. The van der Waals surface area contributed by atoms with E-state index in [1.54, 1.807) is 11.3 Å². The number of hydrogen-bond donors (Lipinski definition) is 2. The Kier molecular flexibility index (Phi) is 4.86. The number of aryl methyl sites for hydroxylation is 1. The second-order valence-corrected chi connectivity index (χ2v) is 8.39. The van der Waals surface area contributed by atoms with Crippen LogP contribution in [0.15, 0.2) is 30.3 Å². The molecule has 5 heteroatoms. The van der Waals surface area contributed by atoms with Gasteiger partial charge in [0.15, 0.2) is 5.13 Å². The molecular formula is C20H25N3OS. The zero-order valence-electron chi connectivity index (χ0n) is 14.6. The fourth-order valence-electron chi connectivity index (χ4n) is 4.02. The van der Waals surface area contributed by atoms with Crippen molar-refractivity contribution in [1.29, 1.82) is 0 Å². The minimum atomic E-state index is 0.106. The maximum atomic E-state index is 12.5. The van der Waals surface area contributed by atoms with Crippen LogP contribution in [-0.4, -0.2) is 23.5 Å². The largest absolute Gasteiger partial charge is 0.314 e. The molecule has 132 valence electrons. The van der Waals surface area contributed by atoms with Crippen molar-refractivity contribution in [3.8, 4) is 0 Å². The molecule has 1 fully saturated rings. The van der Waals surface area contributed by atoms with E-state index in [-0.39, 0.29) is 11.8 Å². The van der Waals surface area contributed by atoms with Crippen LogP contribution in [0.25, 0.3) is 0 Å². The summed E-state index contributed by atoms with van der Waals surface area (Å²) >= 11 is 1.67. The summed E-state index contributed by atoms with van der Waals surface area (Å²) in [6, 6.07) is 11.2. The van der Waals surface area contributed by atoms with Gasteiger partial charge < -0.3 is 10.6 Å². The van der Waals surface area contributed by atoms with E-state index >= 15 is 0 Å². The molecule has 4 rings (SSSR count). The summed E-state index contributed by atoms with van der Waals surface area (Å²) in [7, 11) is 0. The van der Waals surface area contributed by atoms with E-state index in [1.165, 1.54) is 16.1 Å². The van der Waals surface area contributed by atoms with Gasteiger partial charge in [-0.3, -0.25) is 4.79 Å². The number of fused-ring (bicyclic) bond motifs is 1. The van der Waals surface area contributed by atoms with Crippen LogP contribution in [0.1, 0.15) is 48.2 Å². The first-order valence-corrected chi connectivity index (χ1v) is 10.1. The number of aromatic nitrogens is 1. The monoisotopic (exact) mass is 355 g/mol. The molecule has 1 amide bonds. The van der Waals surface area contributed by atoms with Gasteiger partial charge in [-0.2, -0.15) is 0 Å². The fraction of sp³-hybridized carbons (Fsp3) is 0.500. The first-order chi connectivity index (χ1) is 12.2. The number of hydrogen-bond acceptors (Lipinski definition) is 4. The van der Waals surface area contributed by atoms with Crippen molar-refractivity contribution in [2.75, 3.05) is 11.9 Å². The van der Waals surface area contributed by atoms with E-state index in [0.29, 0.717) is 12.0 Å². The molecule has 2 N–H and O–H groups in total. The molecule has 1 aliphatic carbocycles. The third-order valence-electron chi connectivity index (χ3n) is 5.44. The van der Waals surface area contributed by atoms with Crippen LogP contribution in [0, 0.1) is 5.92 Å². The van der Waals surface area contributed by atoms with Crippen molar-refractivity contribution in [2.45, 2.75) is 51.0 Å². The lowest BCUT2D eigenvalue weighted by Crippen LogP contribution is -2.40. The molecule has 1 unspecified atom stereocenters. The summed E-state index contributed by atoms with van der Waals surface area (Å²) in [5.74, 6) is 0.816. The van der Waals surface area contributed by atoms with Crippen molar-refractivity contribution in [3.05, 3.63) is 46.5 Å². The maximum absolute atomic E-state index is 12.5. The Morgan fingerprint density at radius 1 is 1.28 bits per heavy atom. The number of rotatable bonds is 3. The molecule has 1 aliphatic heterocycles. The van der Waals surface area contributed by atoms with Crippen molar-refractivity contribution in [3.63, 3.8) is 0 Å². The van der Waals surface area contributed by atoms with Gasteiger partial charge in [0.1, 0.15) is 0 Å². The minimum Gasteiger partial charge on any atom is -0.314 e. The highest BCUT2D eigenvalue weighted by atomic mass is 32.1. The smallest absolute Gasteiger partial charge is 0.229 e. The average molecular weight is 356 g/mol. The lowest BCUT2D eigenvalue weighted by atomic mass is 9.85. The molecule has 2 heterocycles. The Hall–Kier alpha value is -1.72. The van der Waals surface area contributed by atoms with Gasteiger partial charge in [0.05, 0.1) is 5.69 Å². The predicted molar refractivity (Wildman–Crippen MR) is 102 cm³/mol. The van der Waals surface area contributed by atoms with E-state index < -0.39 is 0 Å². The summed E-state index contributed by atoms with van der Waals surface area (Å²) in [5.41, 5.74) is 2.60. The van der Waals surface area contributed by atoms with Crippen molar-refractivity contribution in [2.24, 2.45) is 5.92 Å². The first-order valence-electron chi connectivity index (χ1n) is 9.27. The number of thiazole rings is 1. The summed E-state index contributed by atoms with van der Waals surface area (Å²) in [4.78, 5) is 18.6. The minimum absolute atomic E-state index is 0.106. The molecule has 0 bridgehead atoms. The van der Waals surface area contributed by atoms with Crippen LogP contribution < -0.4 is 10.6 Å². The van der Waals surface area contributed by atoms with Crippen LogP contribution >= 0.6 is 11.3 Å². The molecule has 3 atom stereocenters. The number of carbonyl (C=O) groups is 1. The standard InChI is InChI=1S/C20H25N3OS/c1-13-11-16(9-10-21-13)19(24)23-20-22-17-8-7-15(12-18(17)25-20)14-5-3-2-4-6-14/h2-6,13,15-16,21H,7-12H2,1H3,(H,22,23,24)/t13-,15?,16-/m0/s1. The summed E-state index contributed by atoms with van der Waals surface area (Å²) < 4.78 is 0. The van der Waals surface area contributed by atoms with Gasteiger partial charge >= 0.3 is 0 Å². The van der Waals surface area contributed by atoms with Gasteiger partial charge in [-0.05, 0) is 57.1 Å². The lowest BCUT2D eigenvalue weighted by Gasteiger charge is -2.26. The Bertz CT molecular complexity index is 743. The van der Waals surface area contributed by atoms with Crippen LogP contribution in [0.4, 0.5) is 5.13 Å². The van der Waals surface area contributed by atoms with Gasteiger partial charge in [0, 0.05) is 16.8 Å². The highest BCUT2D eigenvalue weighted by molar-refractivity contribution is 7.15. The number of anilines is 1.